The van der Waals surface area contributed by atoms with Crippen molar-refractivity contribution in [1.82, 2.24) is 10.6 Å². The highest BCUT2D eigenvalue weighted by Crippen LogP contribution is 2.17. The molecule has 1 rings (SSSR count). The summed E-state index contributed by atoms with van der Waals surface area (Å²) in [5.41, 5.74) is -0.0684. The van der Waals surface area contributed by atoms with Gasteiger partial charge in [-0.15, -0.1) is 0 Å². The quantitative estimate of drug-likeness (QED) is 0.444. The lowest BCUT2D eigenvalue weighted by Crippen LogP contribution is -2.38. The highest BCUT2D eigenvalue weighted by Gasteiger charge is 2.20. The van der Waals surface area contributed by atoms with Crippen LogP contribution in [0.15, 0.2) is 11.8 Å². The van der Waals surface area contributed by atoms with E-state index in [1.807, 2.05) is 19.9 Å². The molecule has 0 aromatic rings. The number of hydrogen-bond donors (Lipinski definition) is 3. The Balaban J connectivity index is 2.65. The lowest BCUT2D eigenvalue weighted by molar-refractivity contribution is -0.139. The molecule has 0 saturated heterocycles. The molecule has 6 nitrogen and oxygen atoms in total. The highest BCUT2D eigenvalue weighted by atomic mass is 16.4. The Hall–Kier alpha value is -2.03. The third-order valence-electron chi connectivity index (χ3n) is 5.24. The number of nitrogens with zero attached hydrogens (tertiary/aromatic N) is 1. The number of rotatable bonds is 7. The second-order valence-electron chi connectivity index (χ2n) is 8.29. The monoisotopic (exact) mass is 391 g/mol. The summed E-state index contributed by atoms with van der Waals surface area (Å²) in [5.74, 6) is -1.21. The van der Waals surface area contributed by atoms with Gasteiger partial charge in [0.1, 0.15) is 17.7 Å². The van der Waals surface area contributed by atoms with Crippen molar-refractivity contribution in [3.8, 4) is 6.07 Å². The third kappa shape index (κ3) is 10.3. The summed E-state index contributed by atoms with van der Waals surface area (Å²) in [5, 5.41) is 24.4. The van der Waals surface area contributed by atoms with E-state index < -0.39 is 17.9 Å². The second kappa shape index (κ2) is 14.0. The number of carbonyl (C=O) groups excluding carboxylic acids is 1. The maximum absolute atomic E-state index is 12.5. The standard InChI is InChI=1S/C22H37N3O3/c1-17(2)14-20(22(27)28)24-16-18(15-23)21(26)25-19-12-10-8-6-4-3-5-7-9-11-13-19/h16-17,19-20,24H,3-14H2,1-2H3,(H,25,26)(H,27,28)/b18-16-. The molecule has 1 saturated carbocycles. The van der Waals surface area contributed by atoms with Crippen LogP contribution in [-0.4, -0.2) is 29.1 Å². The van der Waals surface area contributed by atoms with Gasteiger partial charge in [-0.3, -0.25) is 4.79 Å². The average molecular weight is 392 g/mol. The molecule has 0 aliphatic heterocycles. The number of aliphatic carboxylic acids is 1. The molecule has 0 spiro atoms. The molecule has 0 heterocycles. The molecule has 1 unspecified atom stereocenters. The van der Waals surface area contributed by atoms with Gasteiger partial charge in [0.25, 0.3) is 5.91 Å². The summed E-state index contributed by atoms with van der Waals surface area (Å²) < 4.78 is 0. The number of hydrogen-bond acceptors (Lipinski definition) is 4. The summed E-state index contributed by atoms with van der Waals surface area (Å²) in [6.45, 7) is 3.87. The zero-order chi connectivity index (χ0) is 20.8. The van der Waals surface area contributed by atoms with Crippen molar-refractivity contribution in [3.63, 3.8) is 0 Å². The van der Waals surface area contributed by atoms with Crippen LogP contribution in [0, 0.1) is 17.2 Å². The molecule has 3 N–H and O–H groups in total. The first-order valence-corrected chi connectivity index (χ1v) is 10.8. The SMILES string of the molecule is CC(C)CC(N/C=C(/C#N)C(=O)NC1CCCCCCCCCCC1)C(=O)O. The van der Waals surface area contributed by atoms with Crippen LogP contribution in [-0.2, 0) is 9.59 Å². The van der Waals surface area contributed by atoms with Crippen LogP contribution in [0.25, 0.3) is 0 Å². The number of nitrogens with one attached hydrogen (secondary N) is 2. The Bertz CT molecular complexity index is 540. The van der Waals surface area contributed by atoms with Crippen molar-refractivity contribution in [2.75, 3.05) is 0 Å². The van der Waals surface area contributed by atoms with Crippen molar-refractivity contribution in [1.29, 1.82) is 5.26 Å². The molecule has 0 radical (unpaired) electrons. The van der Waals surface area contributed by atoms with E-state index in [4.69, 9.17) is 0 Å². The first-order valence-electron chi connectivity index (χ1n) is 10.8. The van der Waals surface area contributed by atoms with E-state index in [1.54, 1.807) is 0 Å². The Morgan fingerprint density at radius 3 is 1.96 bits per heavy atom. The van der Waals surface area contributed by atoms with E-state index in [2.05, 4.69) is 10.6 Å². The van der Waals surface area contributed by atoms with Crippen LogP contribution in [0.4, 0.5) is 0 Å². The summed E-state index contributed by atoms with van der Waals surface area (Å²) in [6.07, 6.45) is 14.5. The number of carboxylic acid groups (broad SMARTS) is 1. The topological polar surface area (TPSA) is 102 Å². The van der Waals surface area contributed by atoms with Crippen LogP contribution < -0.4 is 10.6 Å². The van der Waals surface area contributed by atoms with E-state index in [1.165, 1.54) is 51.1 Å². The maximum Gasteiger partial charge on any atom is 0.326 e. The Labute approximate surface area is 169 Å². The van der Waals surface area contributed by atoms with Crippen LogP contribution in [0.1, 0.15) is 90.9 Å². The largest absolute Gasteiger partial charge is 0.480 e. The fraction of sp³-hybridized carbons (Fsp3) is 0.773. The van der Waals surface area contributed by atoms with Crippen molar-refractivity contribution in [2.45, 2.75) is 103 Å². The molecular weight excluding hydrogens is 354 g/mol. The minimum absolute atomic E-state index is 0.0684. The predicted octanol–water partition coefficient (Wildman–Crippen LogP) is 4.27. The van der Waals surface area contributed by atoms with E-state index >= 15 is 0 Å². The Kier molecular flexibility index (Phi) is 12.0. The Morgan fingerprint density at radius 2 is 1.54 bits per heavy atom. The molecule has 0 aromatic heterocycles. The van der Waals surface area contributed by atoms with Gasteiger partial charge in [0.15, 0.2) is 0 Å². The minimum Gasteiger partial charge on any atom is -0.480 e. The lowest BCUT2D eigenvalue weighted by Gasteiger charge is -2.20. The average Bonchev–Trinajstić information content (AvgIpc) is 2.63. The third-order valence-corrected chi connectivity index (χ3v) is 5.24. The van der Waals surface area contributed by atoms with Gasteiger partial charge in [-0.05, 0) is 25.2 Å². The summed E-state index contributed by atoms with van der Waals surface area (Å²) in [4.78, 5) is 23.9. The van der Waals surface area contributed by atoms with E-state index in [9.17, 15) is 20.0 Å². The lowest BCUT2D eigenvalue weighted by atomic mass is 9.97. The van der Waals surface area contributed by atoms with Gasteiger partial charge in [0.2, 0.25) is 0 Å². The van der Waals surface area contributed by atoms with E-state index in [0.29, 0.717) is 6.42 Å². The molecule has 1 atom stereocenters. The number of nitriles is 1. The molecule has 1 aliphatic rings. The smallest absolute Gasteiger partial charge is 0.326 e. The van der Waals surface area contributed by atoms with Gasteiger partial charge in [-0.25, -0.2) is 4.79 Å². The number of carbonyl (C=O) groups is 2. The zero-order valence-corrected chi connectivity index (χ0v) is 17.5. The molecule has 1 aliphatic carbocycles. The molecule has 0 aromatic carbocycles. The van der Waals surface area contributed by atoms with Crippen molar-refractivity contribution < 1.29 is 14.7 Å². The van der Waals surface area contributed by atoms with Gasteiger partial charge in [0, 0.05) is 12.2 Å². The van der Waals surface area contributed by atoms with Crippen molar-refractivity contribution >= 4 is 11.9 Å². The normalized spacial score (nSPS) is 19.0. The predicted molar refractivity (Wildman–Crippen MR) is 110 cm³/mol. The van der Waals surface area contributed by atoms with Gasteiger partial charge in [-0.1, -0.05) is 71.6 Å². The van der Waals surface area contributed by atoms with Gasteiger partial charge < -0.3 is 15.7 Å². The van der Waals surface area contributed by atoms with Crippen molar-refractivity contribution in [2.24, 2.45) is 5.92 Å². The van der Waals surface area contributed by atoms with Crippen LogP contribution >= 0.6 is 0 Å². The van der Waals surface area contributed by atoms with Gasteiger partial charge in [0.05, 0.1) is 0 Å². The molecule has 1 amide bonds. The first-order chi connectivity index (χ1) is 13.4. The molecule has 28 heavy (non-hydrogen) atoms. The second-order valence-corrected chi connectivity index (χ2v) is 8.29. The van der Waals surface area contributed by atoms with Crippen LogP contribution in [0.2, 0.25) is 0 Å². The summed E-state index contributed by atoms with van der Waals surface area (Å²) >= 11 is 0. The van der Waals surface area contributed by atoms with Crippen LogP contribution in [0.5, 0.6) is 0 Å². The fourth-order valence-electron chi connectivity index (χ4n) is 3.61. The maximum atomic E-state index is 12.5. The fourth-order valence-corrected chi connectivity index (χ4v) is 3.61. The summed E-state index contributed by atoms with van der Waals surface area (Å²) in [7, 11) is 0. The number of amides is 1. The Morgan fingerprint density at radius 1 is 1.04 bits per heavy atom. The molecule has 158 valence electrons. The molecule has 0 bridgehead atoms. The highest BCUT2D eigenvalue weighted by molar-refractivity contribution is 5.97. The zero-order valence-electron chi connectivity index (χ0n) is 17.5. The molecule has 6 heteroatoms. The molecule has 1 fully saturated rings. The first kappa shape index (κ1) is 24.0. The molecular formula is C22H37N3O3. The van der Waals surface area contributed by atoms with Gasteiger partial charge >= 0.3 is 5.97 Å². The minimum atomic E-state index is -0.984. The van der Waals surface area contributed by atoms with Crippen molar-refractivity contribution in [3.05, 3.63) is 11.8 Å². The number of carboxylic acids is 1. The van der Waals surface area contributed by atoms with E-state index in [0.717, 1.165) is 25.7 Å². The van der Waals surface area contributed by atoms with E-state index in [-0.39, 0.29) is 17.5 Å². The summed E-state index contributed by atoms with van der Waals surface area (Å²) in [6, 6.07) is 1.17. The van der Waals surface area contributed by atoms with Crippen LogP contribution in [0.3, 0.4) is 0 Å². The van der Waals surface area contributed by atoms with Gasteiger partial charge in [-0.2, -0.15) is 5.26 Å².